The molecule has 2 saturated heterocycles. The number of rotatable bonds is 6. The van der Waals surface area contributed by atoms with Crippen LogP contribution in [-0.4, -0.2) is 112 Å². The molecule has 28 heavy (non-hydrogen) atoms. The molecule has 0 aromatic rings. The van der Waals surface area contributed by atoms with Crippen LogP contribution in [-0.2, 0) is 33.6 Å². The molecule has 0 saturated carbocycles. The maximum Gasteiger partial charge on any atom is 0.335 e. The van der Waals surface area contributed by atoms with Gasteiger partial charge in [-0.05, 0) is 0 Å². The van der Waals surface area contributed by atoms with Crippen LogP contribution in [0.25, 0.3) is 0 Å². The van der Waals surface area contributed by atoms with Crippen LogP contribution >= 0.6 is 0 Å². The molecule has 2 rings (SSSR count). The van der Waals surface area contributed by atoms with E-state index in [1.165, 1.54) is 0 Å². The number of nitrogens with two attached hydrogens (primary N) is 2. The van der Waals surface area contributed by atoms with E-state index in [0.717, 1.165) is 0 Å². The van der Waals surface area contributed by atoms with Crippen molar-refractivity contribution in [1.29, 1.82) is 0 Å². The molecule has 15 nitrogen and oxygen atoms in total. The average Bonchev–Trinajstić information content (AvgIpc) is 2.59. The summed E-state index contributed by atoms with van der Waals surface area (Å²) in [6, 6.07) is -2.94. The second-order valence-corrected chi connectivity index (χ2v) is 7.30. The predicted molar refractivity (Wildman–Crippen MR) is 81.7 cm³/mol. The lowest BCUT2D eigenvalue weighted by Crippen LogP contribution is -2.67. The van der Waals surface area contributed by atoms with Gasteiger partial charge in [0.2, 0.25) is 10.4 Å². The first-order chi connectivity index (χ1) is 12.8. The number of carboxylic acids is 1. The minimum absolute atomic E-state index is 0.993. The largest absolute Gasteiger partial charge is 0.726 e. The number of hydrogen-bond acceptors (Lipinski definition) is 14. The van der Waals surface area contributed by atoms with Gasteiger partial charge in [-0.15, -0.1) is 0 Å². The molecule has 0 radical (unpaired) electrons. The summed E-state index contributed by atoms with van der Waals surface area (Å²) in [5, 5.41) is 48.5. The lowest BCUT2D eigenvalue weighted by Gasteiger charge is -2.45. The molecule has 2 fully saturated rings. The van der Waals surface area contributed by atoms with Crippen molar-refractivity contribution in [3.8, 4) is 0 Å². The average molecular weight is 433 g/mol. The van der Waals surface area contributed by atoms with E-state index >= 15 is 0 Å². The van der Waals surface area contributed by atoms with E-state index in [-0.39, 0.29) is 0 Å². The van der Waals surface area contributed by atoms with Gasteiger partial charge in [-0.3, -0.25) is 4.18 Å². The number of ether oxygens (including phenoxy) is 3. The van der Waals surface area contributed by atoms with Crippen molar-refractivity contribution in [2.75, 3.05) is 6.61 Å². The molecule has 2 aliphatic rings. The number of aliphatic hydroxyl groups excluding tert-OH is 4. The third kappa shape index (κ3) is 5.12. The van der Waals surface area contributed by atoms with E-state index in [9.17, 15) is 38.2 Å². The molecule has 2 heterocycles. The fourth-order valence-corrected chi connectivity index (χ4v) is 3.07. The van der Waals surface area contributed by atoms with Crippen LogP contribution in [0, 0.1) is 0 Å². The molecule has 0 spiro atoms. The number of aliphatic hydroxyl groups is 4. The summed E-state index contributed by atoms with van der Waals surface area (Å²) >= 11 is 0. The third-order valence-electron chi connectivity index (χ3n) is 4.30. The molecule has 9 N–H and O–H groups in total. The Balaban J connectivity index is 2.21. The Bertz CT molecular complexity index is 662. The maximum absolute atomic E-state index is 11.2. The Kier molecular flexibility index (Phi) is 7.29. The van der Waals surface area contributed by atoms with Crippen LogP contribution < -0.4 is 11.5 Å². The Morgan fingerprint density at radius 2 is 1.64 bits per heavy atom. The van der Waals surface area contributed by atoms with Gasteiger partial charge >= 0.3 is 5.97 Å². The lowest BCUT2D eigenvalue weighted by atomic mass is 9.95. The minimum atomic E-state index is -5.16. The van der Waals surface area contributed by atoms with Crippen molar-refractivity contribution in [2.24, 2.45) is 11.5 Å². The molecule has 0 aromatic carbocycles. The van der Waals surface area contributed by atoms with Gasteiger partial charge in [-0.2, -0.15) is 0 Å². The number of aliphatic carboxylic acids is 1. The van der Waals surface area contributed by atoms with Crippen molar-refractivity contribution in [3.05, 3.63) is 0 Å². The molecule has 164 valence electrons. The van der Waals surface area contributed by atoms with Crippen LogP contribution in [0.3, 0.4) is 0 Å². The smallest absolute Gasteiger partial charge is 0.335 e. The molecule has 10 atom stereocenters. The second kappa shape index (κ2) is 8.78. The van der Waals surface area contributed by atoms with E-state index < -0.39 is 84.3 Å². The molecule has 16 heteroatoms. The van der Waals surface area contributed by atoms with E-state index in [4.69, 9.17) is 30.8 Å². The first kappa shape index (κ1) is 23.3. The van der Waals surface area contributed by atoms with Gasteiger partial charge in [0, 0.05) is 0 Å². The van der Waals surface area contributed by atoms with Crippen LogP contribution in [0.1, 0.15) is 0 Å². The van der Waals surface area contributed by atoms with Crippen LogP contribution in [0.2, 0.25) is 0 Å². The molecule has 0 amide bonds. The van der Waals surface area contributed by atoms with Crippen LogP contribution in [0.5, 0.6) is 0 Å². The van der Waals surface area contributed by atoms with Gasteiger partial charge < -0.3 is 55.8 Å². The molecule has 2 aliphatic heterocycles. The molecule has 0 aromatic heterocycles. The van der Waals surface area contributed by atoms with E-state index in [2.05, 4.69) is 4.18 Å². The van der Waals surface area contributed by atoms with Gasteiger partial charge in [0.1, 0.15) is 30.5 Å². The van der Waals surface area contributed by atoms with Crippen molar-refractivity contribution in [1.82, 2.24) is 0 Å². The number of carboxylic acid groups (broad SMARTS) is 1. The van der Waals surface area contributed by atoms with E-state index in [1.807, 2.05) is 0 Å². The van der Waals surface area contributed by atoms with Crippen molar-refractivity contribution in [3.63, 3.8) is 0 Å². The zero-order valence-corrected chi connectivity index (χ0v) is 14.9. The van der Waals surface area contributed by atoms with E-state index in [0.29, 0.717) is 0 Å². The Hall–Kier alpha value is -1.02. The Labute approximate surface area is 158 Å². The summed E-state index contributed by atoms with van der Waals surface area (Å²) in [4.78, 5) is 11.2. The first-order valence-corrected chi connectivity index (χ1v) is 9.19. The highest BCUT2D eigenvalue weighted by Gasteiger charge is 2.51. The third-order valence-corrected chi connectivity index (χ3v) is 4.73. The van der Waals surface area contributed by atoms with Gasteiger partial charge in [-0.25, -0.2) is 13.2 Å². The molecular formula is C12H21N2O13S-. The minimum Gasteiger partial charge on any atom is -0.726 e. The zero-order chi connectivity index (χ0) is 21.4. The van der Waals surface area contributed by atoms with Gasteiger partial charge in [0.15, 0.2) is 18.7 Å². The van der Waals surface area contributed by atoms with Gasteiger partial charge in [0.25, 0.3) is 0 Å². The van der Waals surface area contributed by atoms with E-state index in [1.54, 1.807) is 0 Å². The Morgan fingerprint density at radius 3 is 2.18 bits per heavy atom. The van der Waals surface area contributed by atoms with Crippen LogP contribution in [0.4, 0.5) is 0 Å². The maximum atomic E-state index is 11.2. The highest BCUT2D eigenvalue weighted by Crippen LogP contribution is 2.28. The standard InChI is InChI=1S/C12H22N2O13S/c13-3-6(16)8(2(25-11(3)20)1-24-28(21,22)23)26-12-4(14)5(15)7(17)9(27-12)10(18)19/h2-9,11-12,15-17,20H,1,13-14H2,(H,18,19)(H,21,22,23)/p-1/t2-,3-,4-,5-,6-,7+,8-,9-,11-,12-/m1/s1. The highest BCUT2D eigenvalue weighted by atomic mass is 32.3. The SMILES string of the molecule is N[C@@H]1[C@@H](O)[C@H](O[C@@H]2O[C@@H](C(=O)O)[C@@H](O)[C@H](O)[C@H]2N)[C@@H](COS(=O)(=O)[O-])O[C@H]1O. The molecular weight excluding hydrogens is 412 g/mol. The van der Waals surface area contributed by atoms with Crippen molar-refractivity contribution >= 4 is 16.4 Å². The van der Waals surface area contributed by atoms with Gasteiger partial charge in [0.05, 0.1) is 18.7 Å². The number of carbonyl (C=O) groups is 1. The highest BCUT2D eigenvalue weighted by molar-refractivity contribution is 7.80. The first-order valence-electron chi connectivity index (χ1n) is 7.86. The molecule has 0 unspecified atom stereocenters. The topological polar surface area (TPSA) is 264 Å². The Morgan fingerprint density at radius 1 is 1.04 bits per heavy atom. The summed E-state index contributed by atoms with van der Waals surface area (Å²) in [7, 11) is -5.16. The fraction of sp³-hybridized carbons (Fsp3) is 0.917. The fourth-order valence-electron chi connectivity index (χ4n) is 2.77. The normalized spacial score (nSPS) is 45.0. The summed E-state index contributed by atoms with van der Waals surface area (Å²) in [6.45, 7) is -0.993. The second-order valence-electron chi connectivity index (χ2n) is 6.25. The number of hydrogen-bond donors (Lipinski definition) is 7. The van der Waals surface area contributed by atoms with Crippen LogP contribution in [0.15, 0.2) is 0 Å². The summed E-state index contributed by atoms with van der Waals surface area (Å²) < 4.78 is 51.3. The summed E-state index contributed by atoms with van der Waals surface area (Å²) in [6.07, 6.45) is -14.0. The monoisotopic (exact) mass is 433 g/mol. The quantitative estimate of drug-likeness (QED) is 0.152. The predicted octanol–water partition coefficient (Wildman–Crippen LogP) is -5.89. The van der Waals surface area contributed by atoms with Gasteiger partial charge in [-0.1, -0.05) is 0 Å². The molecule has 0 aliphatic carbocycles. The summed E-state index contributed by atoms with van der Waals surface area (Å²) in [5.41, 5.74) is 11.2. The van der Waals surface area contributed by atoms with Crippen molar-refractivity contribution < 1.29 is 61.7 Å². The zero-order valence-electron chi connectivity index (χ0n) is 14.0. The molecule has 0 bridgehead atoms. The summed E-state index contributed by atoms with van der Waals surface area (Å²) in [5.74, 6) is -1.64. The van der Waals surface area contributed by atoms with Crippen molar-refractivity contribution in [2.45, 2.75) is 61.3 Å². The lowest BCUT2D eigenvalue weighted by molar-refractivity contribution is -0.319.